The Bertz CT molecular complexity index is 1120. The third-order valence-electron chi connectivity index (χ3n) is 7.07. The number of carbonyl (C=O) groups excluding carboxylic acids is 3. The van der Waals surface area contributed by atoms with Crippen LogP contribution in [0, 0.1) is 25.7 Å². The van der Waals surface area contributed by atoms with Crippen LogP contribution < -0.4 is 15.5 Å². The Kier molecular flexibility index (Phi) is 4.71. The van der Waals surface area contributed by atoms with Gasteiger partial charge in [0.15, 0.2) is 0 Å². The number of thioether (sulfide) groups is 1. The van der Waals surface area contributed by atoms with Crippen LogP contribution in [-0.2, 0) is 19.9 Å². The van der Waals surface area contributed by atoms with E-state index in [9.17, 15) is 14.4 Å². The molecule has 0 unspecified atom stereocenters. The number of hydrogen-bond acceptors (Lipinski definition) is 5. The second-order valence-electron chi connectivity index (χ2n) is 8.57. The van der Waals surface area contributed by atoms with Gasteiger partial charge in [-0.25, -0.2) is 4.90 Å². The second kappa shape index (κ2) is 7.21. The molecule has 0 aliphatic carbocycles. The smallest absolute Gasteiger partial charge is 0.250 e. The van der Waals surface area contributed by atoms with Gasteiger partial charge < -0.3 is 5.32 Å². The molecule has 0 bridgehead atoms. The van der Waals surface area contributed by atoms with Crippen molar-refractivity contribution in [3.63, 3.8) is 0 Å². The second-order valence-corrected chi connectivity index (χ2v) is 9.56. The zero-order valence-corrected chi connectivity index (χ0v) is 18.6. The molecule has 2 saturated heterocycles. The fraction of sp³-hybridized carbons (Fsp3) is 0.375. The zero-order chi connectivity index (χ0) is 21.9. The molecule has 0 radical (unpaired) electrons. The van der Waals surface area contributed by atoms with Gasteiger partial charge in [0, 0.05) is 17.3 Å². The maximum Gasteiger partial charge on any atom is 0.250 e. The van der Waals surface area contributed by atoms with Gasteiger partial charge in [0.25, 0.3) is 0 Å². The Hall–Kier alpha value is -2.64. The Morgan fingerprint density at radius 3 is 2.58 bits per heavy atom. The minimum atomic E-state index is -1.22. The minimum absolute atomic E-state index is 0.212. The van der Waals surface area contributed by atoms with Crippen LogP contribution in [0.2, 0.25) is 0 Å². The van der Waals surface area contributed by atoms with Gasteiger partial charge in [-0.15, -0.1) is 0 Å². The molecule has 1 spiro atoms. The Balaban J connectivity index is 1.67. The summed E-state index contributed by atoms with van der Waals surface area (Å²) in [6.45, 7) is 3.89. The Morgan fingerprint density at radius 1 is 1.03 bits per heavy atom. The van der Waals surface area contributed by atoms with Crippen molar-refractivity contribution in [1.82, 2.24) is 5.32 Å². The van der Waals surface area contributed by atoms with Crippen LogP contribution in [-0.4, -0.2) is 35.8 Å². The molecule has 3 amide bonds. The lowest BCUT2D eigenvalue weighted by atomic mass is 9.76. The molecule has 4 atom stereocenters. The van der Waals surface area contributed by atoms with E-state index in [1.165, 1.54) is 4.90 Å². The van der Waals surface area contributed by atoms with Crippen LogP contribution in [0.4, 0.5) is 11.4 Å². The summed E-state index contributed by atoms with van der Waals surface area (Å²) in [5, 5.41) is 6.42. The number of hydrogen-bond donors (Lipinski definition) is 2. The summed E-state index contributed by atoms with van der Waals surface area (Å²) < 4.78 is 0. The monoisotopic (exact) mass is 435 g/mol. The van der Waals surface area contributed by atoms with Gasteiger partial charge >= 0.3 is 0 Å². The molecular weight excluding hydrogens is 410 g/mol. The molecule has 2 aromatic rings. The van der Waals surface area contributed by atoms with E-state index in [2.05, 4.69) is 10.6 Å². The lowest BCUT2D eigenvalue weighted by Gasteiger charge is -2.30. The predicted molar refractivity (Wildman–Crippen MR) is 122 cm³/mol. The standard InChI is InChI=1S/C24H25N3O3S/c1-13-7-6-10-18(14(13)2)27-21(28)19-17(11-12-31-3)26-24(20(19)22(27)29)15-8-4-5-9-16(15)25-23(24)30/h4-10,17,19-20,26H,11-12H2,1-3H3,(H,25,30)/t17-,19-,20-,24-/m0/s1. The molecule has 5 rings (SSSR count). The normalized spacial score (nSPS) is 28.9. The van der Waals surface area contributed by atoms with Gasteiger partial charge in [-0.05, 0) is 55.5 Å². The number of carbonyl (C=O) groups is 3. The Labute approximate surface area is 185 Å². The number of fused-ring (bicyclic) bond motifs is 4. The molecule has 6 nitrogen and oxygen atoms in total. The molecule has 3 aliphatic rings. The number of nitrogens with one attached hydrogen (secondary N) is 2. The van der Waals surface area contributed by atoms with Crippen molar-refractivity contribution in [3.8, 4) is 0 Å². The first-order chi connectivity index (χ1) is 14.9. The van der Waals surface area contributed by atoms with Crippen molar-refractivity contribution in [3.05, 3.63) is 59.2 Å². The number of imide groups is 1. The number of rotatable bonds is 4. The number of aryl methyl sites for hydroxylation is 1. The third-order valence-corrected chi connectivity index (χ3v) is 7.72. The van der Waals surface area contributed by atoms with Crippen LogP contribution in [0.15, 0.2) is 42.5 Å². The van der Waals surface area contributed by atoms with Crippen molar-refractivity contribution in [2.75, 3.05) is 22.2 Å². The molecular formula is C24H25N3O3S. The highest BCUT2D eigenvalue weighted by Gasteiger charge is 2.70. The van der Waals surface area contributed by atoms with E-state index in [1.807, 2.05) is 62.6 Å². The first-order valence-corrected chi connectivity index (χ1v) is 11.9. The molecule has 0 aromatic heterocycles. The summed E-state index contributed by atoms with van der Waals surface area (Å²) in [5.41, 5.74) is 2.79. The van der Waals surface area contributed by atoms with E-state index in [1.54, 1.807) is 11.8 Å². The first kappa shape index (κ1) is 20.3. The summed E-state index contributed by atoms with van der Waals surface area (Å²) in [4.78, 5) is 42.3. The molecule has 2 N–H and O–H groups in total. The lowest BCUT2D eigenvalue weighted by Crippen LogP contribution is -2.53. The molecule has 3 heterocycles. The van der Waals surface area contributed by atoms with Crippen LogP contribution in [0.1, 0.15) is 23.1 Å². The van der Waals surface area contributed by atoms with E-state index in [4.69, 9.17) is 0 Å². The number of anilines is 2. The van der Waals surface area contributed by atoms with E-state index in [0.717, 1.165) is 22.4 Å². The topological polar surface area (TPSA) is 78.5 Å². The van der Waals surface area contributed by atoms with Gasteiger partial charge in [0.2, 0.25) is 17.7 Å². The lowest BCUT2D eigenvalue weighted by molar-refractivity contribution is -0.130. The van der Waals surface area contributed by atoms with E-state index in [-0.39, 0.29) is 23.8 Å². The summed E-state index contributed by atoms with van der Waals surface area (Å²) in [7, 11) is 0. The quantitative estimate of drug-likeness (QED) is 0.722. The van der Waals surface area contributed by atoms with Gasteiger partial charge in [-0.2, -0.15) is 11.8 Å². The molecule has 2 fully saturated rings. The number of benzene rings is 2. The maximum atomic E-state index is 13.9. The number of nitrogens with zero attached hydrogens (tertiary/aromatic N) is 1. The molecule has 2 aromatic carbocycles. The van der Waals surface area contributed by atoms with Gasteiger partial charge in [0.05, 0.1) is 17.5 Å². The van der Waals surface area contributed by atoms with E-state index < -0.39 is 17.4 Å². The van der Waals surface area contributed by atoms with Gasteiger partial charge in [-0.1, -0.05) is 30.3 Å². The fourth-order valence-electron chi connectivity index (χ4n) is 5.47. The third kappa shape index (κ3) is 2.66. The Morgan fingerprint density at radius 2 is 1.81 bits per heavy atom. The van der Waals surface area contributed by atoms with E-state index in [0.29, 0.717) is 17.8 Å². The van der Waals surface area contributed by atoms with Crippen LogP contribution >= 0.6 is 11.8 Å². The van der Waals surface area contributed by atoms with Gasteiger partial charge in [-0.3, -0.25) is 19.7 Å². The van der Waals surface area contributed by atoms with Crippen LogP contribution in [0.5, 0.6) is 0 Å². The molecule has 160 valence electrons. The highest BCUT2D eigenvalue weighted by molar-refractivity contribution is 7.98. The van der Waals surface area contributed by atoms with Gasteiger partial charge in [0.1, 0.15) is 5.54 Å². The highest BCUT2D eigenvalue weighted by Crippen LogP contribution is 2.54. The number of para-hydroxylation sites is 1. The largest absolute Gasteiger partial charge is 0.324 e. The van der Waals surface area contributed by atoms with Crippen molar-refractivity contribution in [1.29, 1.82) is 0 Å². The first-order valence-electron chi connectivity index (χ1n) is 10.5. The maximum absolute atomic E-state index is 13.9. The molecule has 3 aliphatic heterocycles. The van der Waals surface area contributed by atoms with E-state index >= 15 is 0 Å². The summed E-state index contributed by atoms with van der Waals surface area (Å²) >= 11 is 1.69. The zero-order valence-electron chi connectivity index (χ0n) is 17.8. The average molecular weight is 436 g/mol. The van der Waals surface area contributed by atoms with Crippen molar-refractivity contribution >= 4 is 40.9 Å². The highest BCUT2D eigenvalue weighted by atomic mass is 32.2. The van der Waals surface area contributed by atoms with Crippen molar-refractivity contribution in [2.45, 2.75) is 31.8 Å². The summed E-state index contributed by atoms with van der Waals surface area (Å²) in [6.07, 6.45) is 2.73. The average Bonchev–Trinajstić information content (AvgIpc) is 3.34. The molecule has 0 saturated carbocycles. The van der Waals surface area contributed by atoms with Crippen molar-refractivity contribution in [2.24, 2.45) is 11.8 Å². The minimum Gasteiger partial charge on any atom is -0.324 e. The summed E-state index contributed by atoms with van der Waals surface area (Å²) in [5.74, 6) is -1.26. The van der Waals surface area contributed by atoms with Crippen LogP contribution in [0.3, 0.4) is 0 Å². The number of amides is 3. The fourth-order valence-corrected chi connectivity index (χ4v) is 5.96. The molecule has 7 heteroatoms. The predicted octanol–water partition coefficient (Wildman–Crippen LogP) is 2.98. The summed E-state index contributed by atoms with van der Waals surface area (Å²) in [6, 6.07) is 12.9. The van der Waals surface area contributed by atoms with Crippen LogP contribution in [0.25, 0.3) is 0 Å². The molecule has 31 heavy (non-hydrogen) atoms. The van der Waals surface area contributed by atoms with Crippen molar-refractivity contribution < 1.29 is 14.4 Å². The SMILES string of the molecule is CSCC[C@@H]1N[C@]2(C(=O)Nc3ccccc32)[C@@H]2C(=O)N(c3cccc(C)c3C)C(=O)[C@@H]12.